The third-order valence-corrected chi connectivity index (χ3v) is 3.61. The zero-order valence-electron chi connectivity index (χ0n) is 12.8. The van der Waals surface area contributed by atoms with Crippen LogP contribution in [0, 0.1) is 0 Å². The van der Waals surface area contributed by atoms with E-state index < -0.39 is 9.89 Å². The Bertz CT molecular complexity index is 508. The van der Waals surface area contributed by atoms with Crippen LogP contribution in [0.3, 0.4) is 0 Å². The lowest BCUT2D eigenvalue weighted by atomic mass is 10.2. The minimum absolute atomic E-state index is 0.199. The topological polar surface area (TPSA) is 75.6 Å². The average molecular weight is 406 g/mol. The summed E-state index contributed by atoms with van der Waals surface area (Å²) >= 11 is 1.77. The van der Waals surface area contributed by atoms with Gasteiger partial charge in [-0.3, -0.25) is 9.59 Å². The lowest BCUT2D eigenvalue weighted by Gasteiger charge is -2.17. The van der Waals surface area contributed by atoms with E-state index in [1.165, 1.54) is 0 Å². The number of carbonyl (C=O) groups excluding carboxylic acids is 2. The summed E-state index contributed by atoms with van der Waals surface area (Å²) in [7, 11) is 7.22. The molecule has 1 aromatic heterocycles. The summed E-state index contributed by atoms with van der Waals surface area (Å²) in [5.74, 6) is 0.0729. The highest BCUT2D eigenvalue weighted by Gasteiger charge is 2.28. The highest BCUT2D eigenvalue weighted by Crippen LogP contribution is 2.18. The van der Waals surface area contributed by atoms with E-state index in [9.17, 15) is 9.59 Å². The van der Waals surface area contributed by atoms with Gasteiger partial charge >= 0.3 is 5.97 Å². The Morgan fingerprint density at radius 1 is 1.24 bits per heavy atom. The third-order valence-electron chi connectivity index (χ3n) is 2.54. The highest BCUT2D eigenvalue weighted by molar-refractivity contribution is 14.1. The van der Waals surface area contributed by atoms with Crippen LogP contribution in [0.15, 0.2) is 6.07 Å². The molecule has 0 aliphatic heterocycles. The van der Waals surface area contributed by atoms with E-state index in [0.717, 1.165) is 0 Å². The maximum absolute atomic E-state index is 12.4. The lowest BCUT2D eigenvalue weighted by Crippen LogP contribution is -2.28. The number of nitrogens with zero attached hydrogens (tertiary/aromatic N) is 4. The number of halogens is 1. The maximum atomic E-state index is 12.4. The number of hydrogen-bond donors (Lipinski definition) is 0. The summed E-state index contributed by atoms with van der Waals surface area (Å²) in [6.07, 6.45) is 0. The van der Waals surface area contributed by atoms with Crippen molar-refractivity contribution in [3.05, 3.63) is 11.8 Å². The average Bonchev–Trinajstić information content (AvgIpc) is 2.45. The fourth-order valence-corrected chi connectivity index (χ4v) is 1.93. The monoisotopic (exact) mass is 406 g/mol. The molecule has 0 saturated carbocycles. The third kappa shape index (κ3) is 4.51. The normalized spacial score (nSPS) is 11.7. The Balaban J connectivity index is 3.16. The molecule has 1 atom stereocenters. The van der Waals surface area contributed by atoms with Crippen molar-refractivity contribution in [1.29, 1.82) is 0 Å². The molecule has 21 heavy (non-hydrogen) atoms. The minimum atomic E-state index is -0.914. The Hall–Kier alpha value is -1.45. The first kappa shape index (κ1) is 17.6. The second-order valence-corrected chi connectivity index (χ2v) is 5.92. The van der Waals surface area contributed by atoms with Crippen LogP contribution < -0.4 is 9.80 Å². The SMILES string of the molecule is CCOC(=O)C(I)C(=O)c1cc(N(C)C)nc(N(C)C)n1. The van der Waals surface area contributed by atoms with Crippen molar-refractivity contribution in [3.63, 3.8) is 0 Å². The standard InChI is InChI=1S/C13H19IN4O3/c1-6-21-12(20)10(14)11(19)8-7-9(17(2)3)16-13(15-8)18(4)5/h7,10H,6H2,1-5H3. The van der Waals surface area contributed by atoms with E-state index in [0.29, 0.717) is 11.8 Å². The summed E-state index contributed by atoms with van der Waals surface area (Å²) in [4.78, 5) is 36.1. The van der Waals surface area contributed by atoms with Gasteiger partial charge in [-0.1, -0.05) is 22.6 Å². The molecule has 1 rings (SSSR count). The second-order valence-electron chi connectivity index (χ2n) is 4.68. The number of anilines is 2. The van der Waals surface area contributed by atoms with E-state index in [2.05, 4.69) is 9.97 Å². The molecule has 0 radical (unpaired) electrons. The van der Waals surface area contributed by atoms with Gasteiger partial charge < -0.3 is 14.5 Å². The molecule has 116 valence electrons. The molecule has 0 aromatic carbocycles. The number of hydrogen-bond acceptors (Lipinski definition) is 7. The Labute approximate surface area is 137 Å². The number of carbonyl (C=O) groups is 2. The number of ether oxygens (including phenoxy) is 1. The van der Waals surface area contributed by atoms with Crippen LogP contribution in [0.25, 0.3) is 0 Å². The molecule has 0 aliphatic carbocycles. The minimum Gasteiger partial charge on any atom is -0.465 e. The maximum Gasteiger partial charge on any atom is 0.326 e. The molecular weight excluding hydrogens is 387 g/mol. The largest absolute Gasteiger partial charge is 0.465 e. The van der Waals surface area contributed by atoms with Crippen LogP contribution in [-0.2, 0) is 9.53 Å². The first-order valence-corrected chi connectivity index (χ1v) is 7.61. The Kier molecular flexibility index (Phi) is 6.31. The van der Waals surface area contributed by atoms with E-state index in [-0.39, 0.29) is 18.1 Å². The van der Waals surface area contributed by atoms with Gasteiger partial charge in [-0.15, -0.1) is 0 Å². The molecule has 8 heteroatoms. The van der Waals surface area contributed by atoms with Crippen molar-refractivity contribution in [1.82, 2.24) is 9.97 Å². The molecule has 0 fully saturated rings. The van der Waals surface area contributed by atoms with Gasteiger partial charge in [-0.05, 0) is 6.92 Å². The van der Waals surface area contributed by atoms with Crippen LogP contribution in [0.5, 0.6) is 0 Å². The van der Waals surface area contributed by atoms with E-state index in [1.54, 1.807) is 59.5 Å². The van der Waals surface area contributed by atoms with Crippen molar-refractivity contribution in [2.24, 2.45) is 0 Å². The molecule has 0 N–H and O–H groups in total. The zero-order valence-corrected chi connectivity index (χ0v) is 14.9. The van der Waals surface area contributed by atoms with Gasteiger partial charge in [0.05, 0.1) is 6.61 Å². The molecule has 0 amide bonds. The molecule has 7 nitrogen and oxygen atoms in total. The van der Waals surface area contributed by atoms with Crippen LogP contribution in [0.2, 0.25) is 0 Å². The van der Waals surface area contributed by atoms with Crippen molar-refractivity contribution >= 4 is 46.1 Å². The van der Waals surface area contributed by atoms with Gasteiger partial charge in [-0.25, -0.2) is 4.98 Å². The van der Waals surface area contributed by atoms with Gasteiger partial charge in [-0.2, -0.15) is 4.98 Å². The number of aromatic nitrogens is 2. The van der Waals surface area contributed by atoms with Crippen molar-refractivity contribution < 1.29 is 14.3 Å². The summed E-state index contributed by atoms with van der Waals surface area (Å²) < 4.78 is 3.96. The summed E-state index contributed by atoms with van der Waals surface area (Å²) in [5, 5.41) is 0. The van der Waals surface area contributed by atoms with Gasteiger partial charge in [0.25, 0.3) is 0 Å². The molecule has 0 saturated heterocycles. The summed E-state index contributed by atoms with van der Waals surface area (Å²) in [6, 6.07) is 1.57. The van der Waals surface area contributed by atoms with Crippen LogP contribution in [-0.4, -0.2) is 60.4 Å². The number of rotatable bonds is 6. The summed E-state index contributed by atoms with van der Waals surface area (Å²) in [5.41, 5.74) is 0.199. The molecule has 1 heterocycles. The fraction of sp³-hybridized carbons (Fsp3) is 0.538. The Morgan fingerprint density at radius 3 is 2.33 bits per heavy atom. The van der Waals surface area contributed by atoms with Crippen molar-refractivity contribution in [3.8, 4) is 0 Å². The number of esters is 1. The lowest BCUT2D eigenvalue weighted by molar-refractivity contribution is -0.141. The van der Waals surface area contributed by atoms with Crippen molar-refractivity contribution in [2.45, 2.75) is 10.8 Å². The van der Waals surface area contributed by atoms with E-state index >= 15 is 0 Å². The van der Waals surface area contributed by atoms with E-state index in [4.69, 9.17) is 4.74 Å². The number of alkyl halides is 1. The molecule has 0 bridgehead atoms. The predicted molar refractivity (Wildman–Crippen MR) is 89.5 cm³/mol. The van der Waals surface area contributed by atoms with Gasteiger partial charge in [0.1, 0.15) is 11.5 Å². The van der Waals surface area contributed by atoms with Gasteiger partial charge in [0.15, 0.2) is 3.92 Å². The first-order chi connectivity index (χ1) is 9.77. The smallest absolute Gasteiger partial charge is 0.326 e. The first-order valence-electron chi connectivity index (χ1n) is 6.36. The predicted octanol–water partition coefficient (Wildman–Crippen LogP) is 1.16. The number of Topliss-reactive ketones (excluding diaryl/α,β-unsaturated/α-hetero) is 1. The quantitative estimate of drug-likeness (QED) is 0.231. The van der Waals surface area contributed by atoms with Gasteiger partial charge in [0.2, 0.25) is 11.7 Å². The molecular formula is C13H19IN4O3. The van der Waals surface area contributed by atoms with Crippen LogP contribution in [0.4, 0.5) is 11.8 Å². The van der Waals surface area contributed by atoms with Crippen LogP contribution in [0.1, 0.15) is 17.4 Å². The molecule has 0 spiro atoms. The zero-order chi connectivity index (χ0) is 16.2. The fourth-order valence-electron chi connectivity index (χ4n) is 1.43. The molecule has 1 aromatic rings. The molecule has 1 unspecified atom stereocenters. The van der Waals surface area contributed by atoms with E-state index in [1.807, 2.05) is 14.1 Å². The Morgan fingerprint density at radius 2 is 1.86 bits per heavy atom. The highest BCUT2D eigenvalue weighted by atomic mass is 127. The second kappa shape index (κ2) is 7.53. The van der Waals surface area contributed by atoms with Crippen LogP contribution >= 0.6 is 22.6 Å². The molecule has 0 aliphatic rings. The van der Waals surface area contributed by atoms with Crippen molar-refractivity contribution in [2.75, 3.05) is 44.6 Å². The summed E-state index contributed by atoms with van der Waals surface area (Å²) in [6.45, 7) is 1.94. The van der Waals surface area contributed by atoms with Gasteiger partial charge in [0, 0.05) is 34.3 Å². The number of ketones is 1.